The summed E-state index contributed by atoms with van der Waals surface area (Å²) < 4.78 is 4.98. The quantitative estimate of drug-likeness (QED) is 0.324. The molecule has 0 saturated heterocycles. The first-order valence-corrected chi connectivity index (χ1v) is 7.50. The van der Waals surface area contributed by atoms with Gasteiger partial charge in [-0.3, -0.25) is 4.79 Å². The van der Waals surface area contributed by atoms with Gasteiger partial charge in [-0.2, -0.15) is 0 Å². The Morgan fingerprint density at radius 3 is 2.38 bits per heavy atom. The highest BCUT2D eigenvalue weighted by atomic mass is 16.6. The van der Waals surface area contributed by atoms with Gasteiger partial charge < -0.3 is 25.7 Å². The number of carbonyl (C=O) groups excluding carboxylic acids is 1. The van der Waals surface area contributed by atoms with Crippen molar-refractivity contribution in [2.24, 2.45) is 17.5 Å². The Labute approximate surface area is 129 Å². The topological polar surface area (TPSA) is 120 Å². The summed E-state index contributed by atoms with van der Waals surface area (Å²) >= 11 is 0. The Hall–Kier alpha value is -0.730. The van der Waals surface area contributed by atoms with Crippen molar-refractivity contribution in [3.05, 3.63) is 0 Å². The first-order valence-electron chi connectivity index (χ1n) is 7.50. The summed E-state index contributed by atoms with van der Waals surface area (Å²) in [7, 11) is 3.13. The molecular formula is C14H35N3O4. The molecule has 6 N–H and O–H groups in total. The maximum absolute atomic E-state index is 11.2. The molecule has 0 spiro atoms. The first-order chi connectivity index (χ1) is 10.2. The molecule has 1 unspecified atom stereocenters. The van der Waals surface area contributed by atoms with Crippen LogP contribution in [0.5, 0.6) is 0 Å². The van der Waals surface area contributed by atoms with E-state index in [1.807, 2.05) is 13.8 Å². The number of aliphatic hydroxyl groups excluding tert-OH is 1. The second-order valence-electron chi connectivity index (χ2n) is 3.97. The average molecular weight is 309 g/mol. The number of nitrogens with two attached hydrogens (primary N) is 2. The number of rotatable bonds is 11. The van der Waals surface area contributed by atoms with Gasteiger partial charge in [0.15, 0.2) is 0 Å². The summed E-state index contributed by atoms with van der Waals surface area (Å²) in [5.41, 5.74) is 4.50. The van der Waals surface area contributed by atoms with Crippen LogP contribution in [0.25, 0.3) is 0 Å². The van der Waals surface area contributed by atoms with E-state index < -0.39 is 0 Å². The fourth-order valence-electron chi connectivity index (χ4n) is 1.49. The lowest BCUT2D eigenvalue weighted by molar-refractivity contribution is -0.122. The monoisotopic (exact) mass is 309 g/mol. The number of amides is 1. The van der Waals surface area contributed by atoms with Gasteiger partial charge in [-0.15, -0.1) is 0 Å². The molecule has 0 aliphatic carbocycles. The molecule has 130 valence electrons. The Bertz CT molecular complexity index is 195. The summed E-state index contributed by atoms with van der Waals surface area (Å²) in [6.07, 6.45) is 3.06. The van der Waals surface area contributed by atoms with E-state index in [9.17, 15) is 4.79 Å². The van der Waals surface area contributed by atoms with Crippen molar-refractivity contribution in [2.45, 2.75) is 39.5 Å². The number of methoxy groups -OCH3 is 1. The van der Waals surface area contributed by atoms with Crippen LogP contribution in [0, 0.1) is 5.92 Å². The van der Waals surface area contributed by atoms with Gasteiger partial charge in [-0.1, -0.05) is 20.3 Å². The molecule has 0 rings (SSSR count). The van der Waals surface area contributed by atoms with Gasteiger partial charge in [0.05, 0.1) is 19.6 Å². The van der Waals surface area contributed by atoms with Crippen molar-refractivity contribution < 1.29 is 19.5 Å². The van der Waals surface area contributed by atoms with Gasteiger partial charge in [0.25, 0.3) is 0 Å². The minimum absolute atomic E-state index is 0.0500. The fourth-order valence-corrected chi connectivity index (χ4v) is 1.49. The summed E-state index contributed by atoms with van der Waals surface area (Å²) in [5, 5.41) is 11.8. The maximum Gasteiger partial charge on any atom is 0.222 e. The molecular weight excluding hydrogens is 274 g/mol. The van der Waals surface area contributed by atoms with E-state index in [-0.39, 0.29) is 25.0 Å². The Balaban J connectivity index is -0.000000739. The molecule has 7 nitrogen and oxygen atoms in total. The van der Waals surface area contributed by atoms with E-state index in [0.717, 1.165) is 19.3 Å². The molecule has 21 heavy (non-hydrogen) atoms. The summed E-state index contributed by atoms with van der Waals surface area (Å²) in [6, 6.07) is 0. The van der Waals surface area contributed by atoms with Crippen LogP contribution >= 0.6 is 0 Å². The average Bonchev–Trinajstić information content (AvgIpc) is 2.55. The van der Waals surface area contributed by atoms with Crippen molar-refractivity contribution >= 4 is 5.91 Å². The minimum atomic E-state index is -0.0500. The van der Waals surface area contributed by atoms with E-state index in [1.165, 1.54) is 7.05 Å². The van der Waals surface area contributed by atoms with Gasteiger partial charge in [-0.05, 0) is 19.9 Å². The zero-order valence-electron chi connectivity index (χ0n) is 14.1. The van der Waals surface area contributed by atoms with Gasteiger partial charge in [0.1, 0.15) is 0 Å². The van der Waals surface area contributed by atoms with Gasteiger partial charge in [0, 0.05) is 26.2 Å². The summed E-state index contributed by atoms with van der Waals surface area (Å²) in [6.45, 7) is 5.62. The summed E-state index contributed by atoms with van der Waals surface area (Å²) in [4.78, 5) is 15.5. The molecule has 0 aromatic carbocycles. The van der Waals surface area contributed by atoms with Gasteiger partial charge >= 0.3 is 0 Å². The third-order valence-corrected chi connectivity index (χ3v) is 2.47. The Morgan fingerprint density at radius 1 is 1.29 bits per heavy atom. The second kappa shape index (κ2) is 24.3. The Morgan fingerprint density at radius 2 is 1.90 bits per heavy atom. The largest absolute Gasteiger partial charge is 0.396 e. The molecule has 0 fully saturated rings. The molecule has 0 aliphatic rings. The van der Waals surface area contributed by atoms with Crippen molar-refractivity contribution in [3.63, 3.8) is 0 Å². The van der Waals surface area contributed by atoms with Crippen LogP contribution in [-0.4, -0.2) is 51.5 Å². The first kappa shape index (κ1) is 25.2. The van der Waals surface area contributed by atoms with Crippen LogP contribution in [0.4, 0.5) is 0 Å². The number of hydrogen-bond acceptors (Lipinski definition) is 6. The number of aliphatic hydroxyl groups is 1. The minimum Gasteiger partial charge on any atom is -0.396 e. The van der Waals surface area contributed by atoms with Crippen molar-refractivity contribution in [2.75, 3.05) is 40.5 Å². The standard InChI is InChI=1S/C11H24N2O4.C2H6.CH5N/c1-16-9-10(8-14)4-2-3-6-13-11(15)5-7-17-12;2*1-2/h10,14H,2-9,12H2,1H3,(H,13,15);1-2H3;2H2,1H3. The lowest BCUT2D eigenvalue weighted by Crippen LogP contribution is -2.26. The van der Waals surface area contributed by atoms with E-state index in [2.05, 4.69) is 15.9 Å². The number of hydrogen-bond donors (Lipinski definition) is 4. The van der Waals surface area contributed by atoms with Gasteiger partial charge in [0.2, 0.25) is 5.91 Å². The fraction of sp³-hybridized carbons (Fsp3) is 0.929. The van der Waals surface area contributed by atoms with E-state index in [4.69, 9.17) is 15.7 Å². The van der Waals surface area contributed by atoms with Crippen molar-refractivity contribution in [1.29, 1.82) is 0 Å². The van der Waals surface area contributed by atoms with Crippen LogP contribution < -0.4 is 16.9 Å². The number of ether oxygens (including phenoxy) is 1. The second-order valence-corrected chi connectivity index (χ2v) is 3.97. The Kier molecular flexibility index (Phi) is 29.2. The highest BCUT2D eigenvalue weighted by Crippen LogP contribution is 2.07. The maximum atomic E-state index is 11.2. The molecule has 0 bridgehead atoms. The number of carbonyl (C=O) groups is 1. The number of unbranched alkanes of at least 4 members (excludes halogenated alkanes) is 1. The zero-order valence-corrected chi connectivity index (χ0v) is 14.1. The normalized spacial score (nSPS) is 10.6. The third-order valence-electron chi connectivity index (χ3n) is 2.47. The molecule has 0 saturated carbocycles. The van der Waals surface area contributed by atoms with Crippen molar-refractivity contribution in [3.8, 4) is 0 Å². The lowest BCUT2D eigenvalue weighted by atomic mass is 10.0. The molecule has 0 aromatic heterocycles. The van der Waals surface area contributed by atoms with E-state index >= 15 is 0 Å². The molecule has 1 amide bonds. The highest BCUT2D eigenvalue weighted by molar-refractivity contribution is 5.75. The van der Waals surface area contributed by atoms with Crippen LogP contribution in [-0.2, 0) is 14.4 Å². The van der Waals surface area contributed by atoms with Crippen LogP contribution in [0.3, 0.4) is 0 Å². The van der Waals surface area contributed by atoms with Crippen LogP contribution in [0.15, 0.2) is 0 Å². The lowest BCUT2D eigenvalue weighted by Gasteiger charge is -2.12. The van der Waals surface area contributed by atoms with Crippen molar-refractivity contribution in [1.82, 2.24) is 5.32 Å². The van der Waals surface area contributed by atoms with Gasteiger partial charge in [-0.25, -0.2) is 5.90 Å². The molecule has 0 radical (unpaired) electrons. The van der Waals surface area contributed by atoms with E-state index in [0.29, 0.717) is 19.6 Å². The highest BCUT2D eigenvalue weighted by Gasteiger charge is 2.06. The molecule has 0 heterocycles. The SMILES string of the molecule is CC.CN.COCC(CO)CCCCNC(=O)CCON. The molecule has 1 atom stereocenters. The molecule has 0 aliphatic heterocycles. The van der Waals surface area contributed by atoms with Crippen LogP contribution in [0.1, 0.15) is 39.5 Å². The predicted octanol–water partition coefficient (Wildman–Crippen LogP) is 0.409. The van der Waals surface area contributed by atoms with Crippen LogP contribution in [0.2, 0.25) is 0 Å². The zero-order chi connectivity index (χ0) is 16.9. The summed E-state index contributed by atoms with van der Waals surface area (Å²) in [5.74, 6) is 4.96. The smallest absolute Gasteiger partial charge is 0.222 e. The third kappa shape index (κ3) is 21.7. The molecule has 7 heteroatoms. The predicted molar refractivity (Wildman–Crippen MR) is 85.5 cm³/mol. The number of nitrogens with one attached hydrogen (secondary N) is 1. The molecule has 0 aromatic rings. The van der Waals surface area contributed by atoms with E-state index in [1.54, 1.807) is 7.11 Å².